The smallest absolute Gasteiger partial charge is 0.305 e. The van der Waals surface area contributed by atoms with Crippen molar-refractivity contribution in [1.82, 2.24) is 0 Å². The van der Waals surface area contributed by atoms with Gasteiger partial charge in [-0.05, 0) is 36.0 Å². The highest BCUT2D eigenvalue weighted by Gasteiger charge is 2.02. The van der Waals surface area contributed by atoms with Crippen LogP contribution in [0.3, 0.4) is 0 Å². The summed E-state index contributed by atoms with van der Waals surface area (Å²) in [6, 6.07) is 7.92. The van der Waals surface area contributed by atoms with E-state index in [4.69, 9.17) is 9.47 Å². The molecular weight excluding hydrogens is 355 g/mol. The topological polar surface area (TPSA) is 35.5 Å². The number of ether oxygens (including phenoxy) is 2. The predicted octanol–water partition coefficient (Wildman–Crippen LogP) is 4.20. The molecule has 0 spiro atoms. The van der Waals surface area contributed by atoms with Crippen LogP contribution >= 0.6 is 22.6 Å². The largest absolute Gasteiger partial charge is 0.493 e. The van der Waals surface area contributed by atoms with Crippen molar-refractivity contribution in [3.05, 3.63) is 33.9 Å². The molecule has 19 heavy (non-hydrogen) atoms. The number of carbonyl (C=O) groups excluding carboxylic acids is 1. The maximum absolute atomic E-state index is 11.1. The number of rotatable bonds is 8. The summed E-state index contributed by atoms with van der Waals surface area (Å²) in [5.74, 6) is 0.752. The average Bonchev–Trinajstić information content (AvgIpc) is 2.41. The van der Waals surface area contributed by atoms with Crippen molar-refractivity contribution in [2.45, 2.75) is 26.2 Å². The van der Waals surface area contributed by atoms with Crippen LogP contribution in [-0.2, 0) is 9.53 Å². The van der Waals surface area contributed by atoms with Gasteiger partial charge < -0.3 is 9.47 Å². The number of unbranched alkanes of at least 4 members (excludes halogenated alkanes) is 1. The highest BCUT2D eigenvalue weighted by molar-refractivity contribution is 14.1. The minimum absolute atomic E-state index is 0.129. The molecule has 0 saturated carbocycles. The van der Waals surface area contributed by atoms with Gasteiger partial charge in [-0.2, -0.15) is 0 Å². The summed E-state index contributed by atoms with van der Waals surface area (Å²) in [4.78, 5) is 11.1. The van der Waals surface area contributed by atoms with Crippen LogP contribution in [0, 0.1) is 0 Å². The lowest BCUT2D eigenvalue weighted by Gasteiger charge is -2.08. The lowest BCUT2D eigenvalue weighted by molar-refractivity contribution is -0.143. The third-order valence-electron chi connectivity index (χ3n) is 2.50. The van der Waals surface area contributed by atoms with Crippen LogP contribution in [0.25, 0.3) is 6.08 Å². The zero-order valence-electron chi connectivity index (χ0n) is 11.1. The lowest BCUT2D eigenvalue weighted by Crippen LogP contribution is -2.05. The molecule has 1 aromatic rings. The molecule has 4 heteroatoms. The van der Waals surface area contributed by atoms with E-state index in [1.807, 2.05) is 41.3 Å². The summed E-state index contributed by atoms with van der Waals surface area (Å²) in [6.45, 7) is 2.88. The summed E-state index contributed by atoms with van der Waals surface area (Å²) in [5, 5.41) is 0. The van der Waals surface area contributed by atoms with Crippen LogP contribution in [0.1, 0.15) is 31.7 Å². The van der Waals surface area contributed by atoms with Gasteiger partial charge in [0.25, 0.3) is 0 Å². The van der Waals surface area contributed by atoms with Gasteiger partial charge in [0.1, 0.15) is 5.75 Å². The number of para-hydroxylation sites is 1. The van der Waals surface area contributed by atoms with Gasteiger partial charge in [-0.1, -0.05) is 40.8 Å². The van der Waals surface area contributed by atoms with E-state index < -0.39 is 0 Å². The van der Waals surface area contributed by atoms with E-state index >= 15 is 0 Å². The molecule has 1 aromatic carbocycles. The quantitative estimate of drug-likeness (QED) is 0.389. The fourth-order valence-corrected chi connectivity index (χ4v) is 1.99. The third kappa shape index (κ3) is 6.61. The van der Waals surface area contributed by atoms with Gasteiger partial charge in [-0.25, -0.2) is 0 Å². The van der Waals surface area contributed by atoms with Crippen molar-refractivity contribution in [3.63, 3.8) is 0 Å². The molecule has 0 heterocycles. The maximum atomic E-state index is 11.1. The Morgan fingerprint density at radius 1 is 1.32 bits per heavy atom. The van der Waals surface area contributed by atoms with E-state index in [0.29, 0.717) is 19.6 Å². The first-order valence-corrected chi connectivity index (χ1v) is 7.66. The Morgan fingerprint density at radius 3 is 2.84 bits per heavy atom. The highest BCUT2D eigenvalue weighted by Crippen LogP contribution is 2.20. The van der Waals surface area contributed by atoms with Crippen molar-refractivity contribution in [2.24, 2.45) is 0 Å². The molecule has 0 saturated heterocycles. The highest BCUT2D eigenvalue weighted by atomic mass is 127. The Labute approximate surface area is 128 Å². The molecule has 0 aromatic heterocycles. The molecule has 0 N–H and O–H groups in total. The van der Waals surface area contributed by atoms with Crippen LogP contribution < -0.4 is 4.74 Å². The summed E-state index contributed by atoms with van der Waals surface area (Å²) in [7, 11) is 0. The van der Waals surface area contributed by atoms with Gasteiger partial charge in [0.2, 0.25) is 0 Å². The first-order valence-electron chi connectivity index (χ1n) is 6.42. The van der Waals surface area contributed by atoms with Crippen LogP contribution in [0.2, 0.25) is 0 Å². The fraction of sp³-hybridized carbons (Fsp3) is 0.400. The Bertz CT molecular complexity index is 416. The number of hydrogen-bond donors (Lipinski definition) is 0. The molecule has 0 fully saturated rings. The second kappa shape index (κ2) is 9.83. The van der Waals surface area contributed by atoms with Crippen molar-refractivity contribution in [2.75, 3.05) is 13.2 Å². The van der Waals surface area contributed by atoms with Crippen molar-refractivity contribution >= 4 is 34.6 Å². The van der Waals surface area contributed by atoms with E-state index in [0.717, 1.165) is 24.2 Å². The van der Waals surface area contributed by atoms with Crippen molar-refractivity contribution in [3.8, 4) is 5.75 Å². The Hall–Kier alpha value is -1.04. The van der Waals surface area contributed by atoms with Gasteiger partial charge in [-0.3, -0.25) is 4.79 Å². The molecule has 0 radical (unpaired) electrons. The minimum Gasteiger partial charge on any atom is -0.493 e. The van der Waals surface area contributed by atoms with Gasteiger partial charge >= 0.3 is 5.97 Å². The molecule has 3 nitrogen and oxygen atoms in total. The van der Waals surface area contributed by atoms with Gasteiger partial charge in [-0.15, -0.1) is 0 Å². The van der Waals surface area contributed by atoms with Crippen molar-refractivity contribution < 1.29 is 14.3 Å². The normalized spacial score (nSPS) is 10.6. The summed E-state index contributed by atoms with van der Waals surface area (Å²) < 4.78 is 12.6. The predicted molar refractivity (Wildman–Crippen MR) is 85.5 cm³/mol. The van der Waals surface area contributed by atoms with Crippen LogP contribution in [0.4, 0.5) is 0 Å². The molecule has 0 bridgehead atoms. The molecule has 0 aliphatic heterocycles. The van der Waals surface area contributed by atoms with Gasteiger partial charge in [0, 0.05) is 12.0 Å². The molecule has 0 aliphatic carbocycles. The monoisotopic (exact) mass is 374 g/mol. The van der Waals surface area contributed by atoms with E-state index in [2.05, 4.69) is 22.6 Å². The molecule has 0 aliphatic rings. The minimum atomic E-state index is -0.129. The van der Waals surface area contributed by atoms with Crippen LogP contribution in [-0.4, -0.2) is 19.2 Å². The Balaban J connectivity index is 2.28. The van der Waals surface area contributed by atoms with Crippen LogP contribution in [0.5, 0.6) is 5.75 Å². The Kier molecular flexibility index (Phi) is 8.29. The number of benzene rings is 1. The third-order valence-corrected chi connectivity index (χ3v) is 2.86. The first kappa shape index (κ1) is 16.0. The van der Waals surface area contributed by atoms with Gasteiger partial charge in [0.05, 0.1) is 13.2 Å². The summed E-state index contributed by atoms with van der Waals surface area (Å²) in [6.07, 6.45) is 4.12. The summed E-state index contributed by atoms with van der Waals surface area (Å²) >= 11 is 2.19. The SMILES string of the molecule is CCOC(=O)CCCCOc1ccccc1C=CI. The molecule has 0 amide bonds. The first-order chi connectivity index (χ1) is 9.27. The number of hydrogen-bond acceptors (Lipinski definition) is 3. The van der Waals surface area contributed by atoms with Gasteiger partial charge in [0.15, 0.2) is 0 Å². The maximum Gasteiger partial charge on any atom is 0.305 e. The summed E-state index contributed by atoms with van der Waals surface area (Å²) in [5.41, 5.74) is 1.07. The molecule has 0 atom stereocenters. The van der Waals surface area contributed by atoms with E-state index in [9.17, 15) is 4.79 Å². The lowest BCUT2D eigenvalue weighted by atomic mass is 10.2. The van der Waals surface area contributed by atoms with E-state index in [1.54, 1.807) is 0 Å². The van der Waals surface area contributed by atoms with Crippen molar-refractivity contribution in [1.29, 1.82) is 0 Å². The number of esters is 1. The zero-order valence-corrected chi connectivity index (χ0v) is 13.3. The molecule has 104 valence electrons. The van der Waals surface area contributed by atoms with E-state index in [1.165, 1.54) is 0 Å². The number of halogens is 1. The standard InChI is InChI=1S/C15H19IO3/c1-2-18-15(17)9-5-6-12-19-14-8-4-3-7-13(14)10-11-16/h3-4,7-8,10-11H,2,5-6,9,12H2,1H3. The molecule has 1 rings (SSSR count). The zero-order chi connectivity index (χ0) is 13.9. The van der Waals surface area contributed by atoms with E-state index in [-0.39, 0.29) is 5.97 Å². The van der Waals surface area contributed by atoms with Crippen LogP contribution in [0.15, 0.2) is 28.3 Å². The second-order valence-corrected chi connectivity index (χ2v) is 4.66. The number of carbonyl (C=O) groups is 1. The average molecular weight is 374 g/mol. The Morgan fingerprint density at radius 2 is 2.11 bits per heavy atom. The second-order valence-electron chi connectivity index (χ2n) is 3.94. The molecular formula is C15H19IO3. The fourth-order valence-electron chi connectivity index (χ4n) is 1.60. The molecule has 0 unspecified atom stereocenters.